The largest absolute Gasteiger partial charge is 0.370 e. The van der Waals surface area contributed by atoms with Gasteiger partial charge in [0, 0.05) is 71.6 Å². The fourth-order valence-electron chi connectivity index (χ4n) is 4.53. The first-order valence-electron chi connectivity index (χ1n) is 13.1. The van der Waals surface area contributed by atoms with Crippen molar-refractivity contribution in [2.24, 2.45) is 5.92 Å². The van der Waals surface area contributed by atoms with E-state index in [1.807, 2.05) is 12.3 Å². The highest BCUT2D eigenvalue weighted by molar-refractivity contribution is 7.85. The number of rotatable bonds is 5. The molecule has 2 aliphatic rings. The third-order valence-corrected chi connectivity index (χ3v) is 8.19. The Morgan fingerprint density at radius 3 is 2.38 bits per heavy atom. The lowest BCUT2D eigenvalue weighted by Crippen LogP contribution is -2.39. The van der Waals surface area contributed by atoms with Crippen molar-refractivity contribution in [3.05, 3.63) is 60.8 Å². The zero-order chi connectivity index (χ0) is 28.7. The highest BCUT2D eigenvalue weighted by Crippen LogP contribution is 2.36. The molecule has 1 aliphatic carbocycles. The molecule has 40 heavy (non-hydrogen) atoms. The molecule has 0 spiro atoms. The van der Waals surface area contributed by atoms with Crippen LogP contribution in [0.5, 0.6) is 0 Å². The van der Waals surface area contributed by atoms with Crippen LogP contribution in [0.2, 0.25) is 0 Å². The van der Waals surface area contributed by atoms with Crippen molar-refractivity contribution in [3.8, 4) is 23.0 Å². The van der Waals surface area contributed by atoms with Gasteiger partial charge in [-0.2, -0.15) is 10.4 Å². The molecule has 8 nitrogen and oxygen atoms in total. The van der Waals surface area contributed by atoms with Crippen molar-refractivity contribution >= 4 is 22.4 Å². The van der Waals surface area contributed by atoms with E-state index in [-0.39, 0.29) is 43.3 Å². The van der Waals surface area contributed by atoms with Gasteiger partial charge in [-0.1, -0.05) is 12.1 Å². The van der Waals surface area contributed by atoms with Crippen LogP contribution in [0.1, 0.15) is 32.6 Å². The highest BCUT2D eigenvalue weighted by atomic mass is 32.2. The Morgan fingerprint density at radius 1 is 1.10 bits per heavy atom. The minimum Gasteiger partial charge on any atom is -0.370 e. The van der Waals surface area contributed by atoms with Crippen molar-refractivity contribution < 1.29 is 22.2 Å². The predicted molar refractivity (Wildman–Crippen MR) is 147 cm³/mol. The number of aromatic nitrogens is 3. The molecular weight excluding hydrogens is 541 g/mol. The lowest BCUT2D eigenvalue weighted by Gasteiger charge is -2.28. The zero-order valence-electron chi connectivity index (χ0n) is 22.1. The second-order valence-corrected chi connectivity index (χ2v) is 11.6. The minimum atomic E-state index is -2.61. The van der Waals surface area contributed by atoms with Crippen molar-refractivity contribution in [2.45, 2.75) is 44.6 Å². The number of alkyl halides is 2. The average molecular weight is 573 g/mol. The molecule has 1 aromatic carbocycles. The number of amides is 1. The van der Waals surface area contributed by atoms with Crippen LogP contribution in [-0.2, 0) is 15.6 Å². The van der Waals surface area contributed by atoms with Crippen LogP contribution in [0.4, 0.5) is 18.9 Å². The summed E-state index contributed by atoms with van der Waals surface area (Å²) in [6, 6.07) is 12.5. The molecule has 1 saturated carbocycles. The number of benzene rings is 1. The molecule has 212 valence electrons. The van der Waals surface area contributed by atoms with Gasteiger partial charge in [0.25, 0.3) is 0 Å². The summed E-state index contributed by atoms with van der Waals surface area (Å²) in [5, 5.41) is 15.3. The normalized spacial score (nSPS) is 18.2. The molecule has 3 heterocycles. The quantitative estimate of drug-likeness (QED) is 0.484. The number of hydrogen-bond acceptors (Lipinski definition) is 6. The van der Waals surface area contributed by atoms with E-state index in [2.05, 4.69) is 44.6 Å². The Balaban J connectivity index is 0.000000212. The van der Waals surface area contributed by atoms with E-state index in [0.29, 0.717) is 5.82 Å². The van der Waals surface area contributed by atoms with E-state index in [9.17, 15) is 22.2 Å². The van der Waals surface area contributed by atoms with Crippen LogP contribution < -0.4 is 10.2 Å². The summed E-state index contributed by atoms with van der Waals surface area (Å²) in [6.45, 7) is 3.23. The second-order valence-electron chi connectivity index (χ2n) is 9.88. The highest BCUT2D eigenvalue weighted by Gasteiger charge is 2.37. The monoisotopic (exact) mass is 572 g/mol. The summed E-state index contributed by atoms with van der Waals surface area (Å²) in [5.41, 5.74) is 3.17. The summed E-state index contributed by atoms with van der Waals surface area (Å²) < 4.78 is 51.6. The van der Waals surface area contributed by atoms with Gasteiger partial charge in [-0.3, -0.25) is 9.00 Å². The van der Waals surface area contributed by atoms with E-state index in [0.717, 1.165) is 41.4 Å². The maximum Gasteiger partial charge on any atom is 0.248 e. The first-order valence-corrected chi connectivity index (χ1v) is 14.6. The van der Waals surface area contributed by atoms with Gasteiger partial charge in [0.1, 0.15) is 11.9 Å². The Kier molecular flexibility index (Phi) is 9.58. The van der Waals surface area contributed by atoms with Crippen LogP contribution >= 0.6 is 0 Å². The Hall–Kier alpha value is -3.72. The maximum atomic E-state index is 13.0. The lowest BCUT2D eigenvalue weighted by atomic mass is 9.86. The van der Waals surface area contributed by atoms with Crippen molar-refractivity contribution in [1.29, 1.82) is 5.26 Å². The number of carbonyl (C=O) groups excluding carboxylic acids is 1. The van der Waals surface area contributed by atoms with Crippen LogP contribution in [0.25, 0.3) is 16.9 Å². The first-order chi connectivity index (χ1) is 19.1. The van der Waals surface area contributed by atoms with Crippen LogP contribution in [0, 0.1) is 23.1 Å². The fraction of sp³-hybridized carbons (Fsp3) is 0.429. The molecule has 1 saturated heterocycles. The van der Waals surface area contributed by atoms with Gasteiger partial charge in [-0.15, -0.1) is 0 Å². The minimum absolute atomic E-state index is 0.205. The molecule has 0 bridgehead atoms. The van der Waals surface area contributed by atoms with Crippen molar-refractivity contribution in [2.75, 3.05) is 29.5 Å². The maximum absolute atomic E-state index is 13.0. The molecule has 1 unspecified atom stereocenters. The van der Waals surface area contributed by atoms with E-state index >= 15 is 0 Å². The number of nitrogens with zero attached hydrogens (tertiary/aromatic N) is 5. The van der Waals surface area contributed by atoms with E-state index in [4.69, 9.17) is 5.26 Å². The van der Waals surface area contributed by atoms with Gasteiger partial charge in [-0.25, -0.2) is 22.8 Å². The van der Waals surface area contributed by atoms with Gasteiger partial charge in [0.05, 0.1) is 18.5 Å². The molecule has 2 aromatic heterocycles. The zero-order valence-corrected chi connectivity index (χ0v) is 22.9. The van der Waals surface area contributed by atoms with Gasteiger partial charge in [0.15, 0.2) is 5.82 Å². The number of halogens is 3. The second kappa shape index (κ2) is 13.1. The molecule has 12 heteroatoms. The number of anilines is 1. The molecular formula is C28H31F3N6O2S. The molecule has 1 N–H and O–H groups in total. The molecule has 1 aliphatic heterocycles. The number of nitrogens with one attached hydrogen (secondary N) is 1. The van der Waals surface area contributed by atoms with Gasteiger partial charge < -0.3 is 10.2 Å². The molecule has 1 amide bonds. The van der Waals surface area contributed by atoms with Gasteiger partial charge in [0.2, 0.25) is 11.8 Å². The number of carbonyl (C=O) groups is 1. The van der Waals surface area contributed by atoms with E-state index < -0.39 is 22.8 Å². The standard InChI is InChI=1S/C18H17FN4OS.C10H14F2N2O/c19-16-3-6-18(20-12-16)23-13-15(11-21-23)14-1-4-17(5-2-14)22-7-9-25(24)10-8-22;1-7(6-13)14-9(15)8-2-4-10(11,12)5-3-8/h1-6,11-13H,7-10H2;7-8H,2-5H2,1H3,(H,14,15). The summed E-state index contributed by atoms with van der Waals surface area (Å²) in [6.07, 6.45) is 4.77. The summed E-state index contributed by atoms with van der Waals surface area (Å²) in [7, 11) is -0.668. The van der Waals surface area contributed by atoms with Gasteiger partial charge >= 0.3 is 0 Å². The van der Waals surface area contributed by atoms with E-state index in [1.165, 1.54) is 12.3 Å². The van der Waals surface area contributed by atoms with Gasteiger partial charge in [-0.05, 0) is 49.6 Å². The third kappa shape index (κ3) is 7.91. The molecule has 5 rings (SSSR count). The smallest absolute Gasteiger partial charge is 0.248 e. The number of pyridine rings is 1. The summed E-state index contributed by atoms with van der Waals surface area (Å²) >= 11 is 0. The lowest BCUT2D eigenvalue weighted by molar-refractivity contribution is -0.129. The van der Waals surface area contributed by atoms with Crippen LogP contribution in [-0.4, -0.2) is 61.4 Å². The molecule has 0 radical (unpaired) electrons. The van der Waals surface area contributed by atoms with Crippen LogP contribution in [0.15, 0.2) is 55.0 Å². The summed E-state index contributed by atoms with van der Waals surface area (Å²) in [4.78, 5) is 17.8. The molecule has 3 aromatic rings. The molecule has 1 atom stereocenters. The van der Waals surface area contributed by atoms with Crippen molar-refractivity contribution in [1.82, 2.24) is 20.1 Å². The van der Waals surface area contributed by atoms with Crippen LogP contribution in [0.3, 0.4) is 0 Å². The molecule has 2 fully saturated rings. The van der Waals surface area contributed by atoms with Crippen molar-refractivity contribution in [3.63, 3.8) is 0 Å². The summed E-state index contributed by atoms with van der Waals surface area (Å²) in [5.74, 6) is -1.57. The number of nitriles is 1. The fourth-order valence-corrected chi connectivity index (χ4v) is 5.58. The predicted octanol–water partition coefficient (Wildman–Crippen LogP) is 4.48. The third-order valence-electron chi connectivity index (χ3n) is 6.91. The Bertz CT molecular complexity index is 1340. The SMILES string of the molecule is CC(C#N)NC(=O)C1CCC(F)(F)CC1.O=S1CCN(c2ccc(-c3cnn(-c4ccc(F)cn4)c3)cc2)CC1. The topological polar surface area (TPSA) is 104 Å². The Morgan fingerprint density at radius 2 is 1.77 bits per heavy atom. The first kappa shape index (κ1) is 29.3. The number of hydrogen-bond donors (Lipinski definition) is 1. The average Bonchev–Trinajstić information content (AvgIpc) is 3.44. The Labute approximate surface area is 233 Å². The van der Waals surface area contributed by atoms with E-state index in [1.54, 1.807) is 23.9 Å².